The van der Waals surface area contributed by atoms with Gasteiger partial charge >= 0.3 is 5.69 Å². The first-order valence-corrected chi connectivity index (χ1v) is 8.86. The van der Waals surface area contributed by atoms with Gasteiger partial charge in [-0.3, -0.25) is 9.69 Å². The second kappa shape index (κ2) is 8.18. The number of carbonyl (C=O) groups is 1. The molecule has 8 heteroatoms. The van der Waals surface area contributed by atoms with Crippen molar-refractivity contribution >= 4 is 22.6 Å². The Morgan fingerprint density at radius 3 is 2.61 bits per heavy atom. The molecule has 0 saturated heterocycles. The summed E-state index contributed by atoms with van der Waals surface area (Å²) in [6.07, 6.45) is 0. The predicted molar refractivity (Wildman–Crippen MR) is 108 cm³/mol. The summed E-state index contributed by atoms with van der Waals surface area (Å²) in [6.45, 7) is 2.35. The van der Waals surface area contributed by atoms with Gasteiger partial charge in [0.05, 0.1) is 31.3 Å². The van der Waals surface area contributed by atoms with Crippen molar-refractivity contribution in [2.45, 2.75) is 19.5 Å². The number of hydrogen-bond donors (Lipinski definition) is 3. The number of para-hydroxylation sites is 1. The van der Waals surface area contributed by atoms with E-state index >= 15 is 0 Å². The highest BCUT2D eigenvalue weighted by Crippen LogP contribution is 2.31. The Morgan fingerprint density at radius 2 is 1.89 bits per heavy atom. The molecule has 1 unspecified atom stereocenters. The molecule has 0 fully saturated rings. The molecule has 3 aromatic rings. The third kappa shape index (κ3) is 4.01. The van der Waals surface area contributed by atoms with Gasteiger partial charge in [0, 0.05) is 17.8 Å². The smallest absolute Gasteiger partial charge is 0.323 e. The van der Waals surface area contributed by atoms with Crippen LogP contribution in [-0.4, -0.2) is 48.1 Å². The Morgan fingerprint density at radius 1 is 1.14 bits per heavy atom. The normalized spacial score (nSPS) is 12.2. The molecule has 0 spiro atoms. The molecule has 2 aromatic carbocycles. The summed E-state index contributed by atoms with van der Waals surface area (Å²) in [6, 6.07) is 10.5. The van der Waals surface area contributed by atoms with E-state index in [1.54, 1.807) is 32.4 Å². The van der Waals surface area contributed by atoms with Crippen LogP contribution in [0.15, 0.2) is 41.2 Å². The maximum atomic E-state index is 12.7. The summed E-state index contributed by atoms with van der Waals surface area (Å²) in [5, 5.41) is 2.89. The molecule has 0 aliphatic rings. The number of imidazole rings is 1. The molecule has 1 aromatic heterocycles. The average Bonchev–Trinajstić information content (AvgIpc) is 3.06. The number of ether oxygens (including phenoxy) is 2. The summed E-state index contributed by atoms with van der Waals surface area (Å²) in [7, 11) is 5.06. The van der Waals surface area contributed by atoms with Gasteiger partial charge in [-0.05, 0) is 38.2 Å². The first-order chi connectivity index (χ1) is 13.4. The van der Waals surface area contributed by atoms with Crippen molar-refractivity contribution in [3.8, 4) is 11.5 Å². The Labute approximate surface area is 162 Å². The number of H-pyrrole nitrogens is 2. The lowest BCUT2D eigenvalue weighted by Gasteiger charge is -2.25. The van der Waals surface area contributed by atoms with Gasteiger partial charge in [0.2, 0.25) is 5.91 Å². The van der Waals surface area contributed by atoms with Crippen LogP contribution in [0.25, 0.3) is 11.0 Å². The van der Waals surface area contributed by atoms with E-state index in [4.69, 9.17) is 9.47 Å². The van der Waals surface area contributed by atoms with Gasteiger partial charge in [-0.15, -0.1) is 0 Å². The lowest BCUT2D eigenvalue weighted by Crippen LogP contribution is -2.39. The second-order valence-electron chi connectivity index (χ2n) is 6.57. The number of methoxy groups -OCH3 is 2. The minimum absolute atomic E-state index is 0.151. The van der Waals surface area contributed by atoms with E-state index < -0.39 is 6.04 Å². The fourth-order valence-electron chi connectivity index (χ4n) is 3.04. The number of aromatic amines is 2. The lowest BCUT2D eigenvalue weighted by molar-refractivity contribution is -0.120. The standard InChI is InChI=1S/C20H24N4O4/c1-12(24(2)11-13-6-5-7-17(27-3)18(13)28-4)19(25)21-14-8-9-15-16(10-14)23-20(26)22-15/h5-10,12H,11H2,1-4H3,(H,21,25)(H2,22,23,26). The van der Waals surface area contributed by atoms with E-state index in [9.17, 15) is 9.59 Å². The fourth-order valence-corrected chi connectivity index (χ4v) is 3.04. The highest BCUT2D eigenvalue weighted by Gasteiger charge is 2.20. The van der Waals surface area contributed by atoms with Crippen LogP contribution in [0.1, 0.15) is 12.5 Å². The molecule has 0 aliphatic carbocycles. The zero-order valence-corrected chi connectivity index (χ0v) is 16.3. The first-order valence-electron chi connectivity index (χ1n) is 8.86. The molecule has 1 heterocycles. The average molecular weight is 384 g/mol. The van der Waals surface area contributed by atoms with Crippen molar-refractivity contribution in [2.24, 2.45) is 0 Å². The third-order valence-electron chi connectivity index (χ3n) is 4.73. The minimum Gasteiger partial charge on any atom is -0.493 e. The summed E-state index contributed by atoms with van der Waals surface area (Å²) < 4.78 is 10.8. The van der Waals surface area contributed by atoms with Crippen molar-refractivity contribution in [1.82, 2.24) is 14.9 Å². The Kier molecular flexibility index (Phi) is 5.70. The fraction of sp³-hybridized carbons (Fsp3) is 0.300. The van der Waals surface area contributed by atoms with Crippen LogP contribution in [0.5, 0.6) is 11.5 Å². The van der Waals surface area contributed by atoms with E-state index in [0.717, 1.165) is 5.56 Å². The molecule has 1 atom stereocenters. The van der Waals surface area contributed by atoms with Crippen LogP contribution in [0.2, 0.25) is 0 Å². The molecular weight excluding hydrogens is 360 g/mol. The van der Waals surface area contributed by atoms with Crippen molar-refractivity contribution in [2.75, 3.05) is 26.6 Å². The highest BCUT2D eigenvalue weighted by atomic mass is 16.5. The van der Waals surface area contributed by atoms with Gasteiger partial charge in [0.1, 0.15) is 0 Å². The Bertz CT molecular complexity index is 1040. The number of likely N-dealkylation sites (N-methyl/N-ethyl adjacent to an activating group) is 1. The molecule has 3 N–H and O–H groups in total. The van der Waals surface area contributed by atoms with Crippen LogP contribution >= 0.6 is 0 Å². The number of hydrogen-bond acceptors (Lipinski definition) is 5. The van der Waals surface area contributed by atoms with Gasteiger partial charge < -0.3 is 24.8 Å². The van der Waals surface area contributed by atoms with Gasteiger partial charge in [-0.1, -0.05) is 12.1 Å². The highest BCUT2D eigenvalue weighted by molar-refractivity contribution is 5.96. The Hall–Kier alpha value is -3.26. The summed E-state index contributed by atoms with van der Waals surface area (Å²) in [5.41, 5.74) is 2.60. The zero-order valence-electron chi connectivity index (χ0n) is 16.3. The van der Waals surface area contributed by atoms with Gasteiger partial charge in [0.15, 0.2) is 11.5 Å². The van der Waals surface area contributed by atoms with Crippen molar-refractivity contribution in [3.63, 3.8) is 0 Å². The number of amides is 1. The third-order valence-corrected chi connectivity index (χ3v) is 4.73. The molecule has 0 saturated carbocycles. The minimum atomic E-state index is -0.392. The van der Waals surface area contributed by atoms with E-state index in [-0.39, 0.29) is 11.6 Å². The predicted octanol–water partition coefficient (Wildman–Crippen LogP) is 2.33. The molecule has 28 heavy (non-hydrogen) atoms. The van der Waals surface area contributed by atoms with Crippen molar-refractivity contribution < 1.29 is 14.3 Å². The molecule has 0 aliphatic heterocycles. The van der Waals surface area contributed by atoms with Gasteiger partial charge in [0.25, 0.3) is 0 Å². The number of benzene rings is 2. The maximum Gasteiger partial charge on any atom is 0.323 e. The topological polar surface area (TPSA) is 99.5 Å². The number of carbonyl (C=O) groups excluding carboxylic acids is 1. The molecular formula is C20H24N4O4. The SMILES string of the molecule is COc1cccc(CN(C)C(C)C(=O)Nc2ccc3[nH]c(=O)[nH]c3c2)c1OC. The number of aromatic nitrogens is 2. The largest absolute Gasteiger partial charge is 0.493 e. The Balaban J connectivity index is 1.71. The lowest BCUT2D eigenvalue weighted by atomic mass is 10.1. The van der Waals surface area contributed by atoms with Crippen LogP contribution in [0.3, 0.4) is 0 Å². The molecule has 0 radical (unpaired) electrons. The van der Waals surface area contributed by atoms with Crippen molar-refractivity contribution in [1.29, 1.82) is 0 Å². The number of nitrogens with one attached hydrogen (secondary N) is 3. The number of nitrogens with zero attached hydrogens (tertiary/aromatic N) is 1. The second-order valence-corrected chi connectivity index (χ2v) is 6.57. The zero-order chi connectivity index (χ0) is 20.3. The van der Waals surface area contributed by atoms with Crippen molar-refractivity contribution in [3.05, 3.63) is 52.4 Å². The monoisotopic (exact) mass is 384 g/mol. The number of rotatable bonds is 7. The van der Waals surface area contributed by atoms with E-state index in [0.29, 0.717) is 34.8 Å². The van der Waals surface area contributed by atoms with Crippen LogP contribution in [0.4, 0.5) is 5.69 Å². The van der Waals surface area contributed by atoms with E-state index in [1.165, 1.54) is 0 Å². The molecule has 0 bridgehead atoms. The molecule has 3 rings (SSSR count). The first kappa shape index (κ1) is 19.5. The summed E-state index contributed by atoms with van der Waals surface area (Å²) >= 11 is 0. The quantitative estimate of drug-likeness (QED) is 0.581. The van der Waals surface area contributed by atoms with E-state index in [2.05, 4.69) is 15.3 Å². The maximum absolute atomic E-state index is 12.7. The van der Waals surface area contributed by atoms with Crippen LogP contribution in [0, 0.1) is 0 Å². The molecule has 1 amide bonds. The van der Waals surface area contributed by atoms with Crippen LogP contribution < -0.4 is 20.5 Å². The molecule has 148 valence electrons. The van der Waals surface area contributed by atoms with Gasteiger partial charge in [-0.2, -0.15) is 0 Å². The number of fused-ring (bicyclic) bond motifs is 1. The van der Waals surface area contributed by atoms with E-state index in [1.807, 2.05) is 37.1 Å². The van der Waals surface area contributed by atoms with Crippen LogP contribution in [-0.2, 0) is 11.3 Å². The van der Waals surface area contributed by atoms with Gasteiger partial charge in [-0.25, -0.2) is 4.79 Å². The number of anilines is 1. The summed E-state index contributed by atoms with van der Waals surface area (Å²) in [5.74, 6) is 1.16. The molecule has 8 nitrogen and oxygen atoms in total. The summed E-state index contributed by atoms with van der Waals surface area (Å²) in [4.78, 5) is 31.3.